The van der Waals surface area contributed by atoms with Crippen molar-refractivity contribution >= 4 is 11.7 Å². The van der Waals surface area contributed by atoms with Gasteiger partial charge in [0.05, 0.1) is 0 Å². The molecule has 3 heterocycles. The summed E-state index contributed by atoms with van der Waals surface area (Å²) in [6.07, 6.45) is 8.85. The lowest BCUT2D eigenvalue weighted by Gasteiger charge is -2.32. The number of ether oxygens (including phenoxy) is 1. The monoisotopic (exact) mass is 388 g/mol. The molecule has 0 aliphatic carbocycles. The summed E-state index contributed by atoms with van der Waals surface area (Å²) in [5, 5.41) is 3.01. The minimum atomic E-state index is -0.0770. The maximum Gasteiger partial charge on any atom is 0.321 e. The fraction of sp³-hybridized carbons (Fsp3) is 0.261. The molecule has 6 nitrogen and oxygen atoms in total. The van der Waals surface area contributed by atoms with Crippen LogP contribution in [0, 0.1) is 6.92 Å². The van der Waals surface area contributed by atoms with Crippen molar-refractivity contribution in [1.29, 1.82) is 0 Å². The quantitative estimate of drug-likeness (QED) is 0.713. The molecule has 148 valence electrons. The van der Waals surface area contributed by atoms with Gasteiger partial charge in [-0.3, -0.25) is 9.97 Å². The molecule has 0 unspecified atom stereocenters. The first-order valence-corrected chi connectivity index (χ1v) is 9.83. The van der Waals surface area contributed by atoms with Crippen LogP contribution in [-0.2, 0) is 0 Å². The standard InChI is InChI=1S/C23H24N4O2/c1-17-15-25-11-7-22(17)29-21-8-12-27(13-9-21)23(28)26-20-6-2-4-18(14-20)19-5-3-10-24-16-19/h2-7,10-11,14-16,21H,8-9,12-13H2,1H3,(H,26,28). The van der Waals surface area contributed by atoms with Crippen LogP contribution in [-0.4, -0.2) is 40.1 Å². The van der Waals surface area contributed by atoms with Crippen LogP contribution >= 0.6 is 0 Å². The van der Waals surface area contributed by atoms with Gasteiger partial charge in [-0.05, 0) is 36.8 Å². The van der Waals surface area contributed by atoms with Crippen LogP contribution in [0.5, 0.6) is 5.75 Å². The van der Waals surface area contributed by atoms with Gasteiger partial charge in [0, 0.05) is 67.5 Å². The Morgan fingerprint density at radius 1 is 1.03 bits per heavy atom. The summed E-state index contributed by atoms with van der Waals surface area (Å²) in [6, 6.07) is 13.5. The molecule has 0 spiro atoms. The summed E-state index contributed by atoms with van der Waals surface area (Å²) in [5.41, 5.74) is 3.85. The molecule has 1 aliphatic heterocycles. The van der Waals surface area contributed by atoms with Crippen LogP contribution in [0.3, 0.4) is 0 Å². The molecule has 0 radical (unpaired) electrons. The number of nitrogens with one attached hydrogen (secondary N) is 1. The van der Waals surface area contributed by atoms with Crippen molar-refractivity contribution in [1.82, 2.24) is 14.9 Å². The average molecular weight is 388 g/mol. The van der Waals surface area contributed by atoms with Crippen LogP contribution in [0.25, 0.3) is 11.1 Å². The SMILES string of the molecule is Cc1cnccc1OC1CCN(C(=O)Nc2cccc(-c3cccnc3)c2)CC1. The maximum absolute atomic E-state index is 12.7. The number of amides is 2. The lowest BCUT2D eigenvalue weighted by atomic mass is 10.1. The molecule has 1 aromatic carbocycles. The summed E-state index contributed by atoms with van der Waals surface area (Å²) in [7, 11) is 0. The van der Waals surface area contributed by atoms with E-state index in [-0.39, 0.29) is 12.1 Å². The highest BCUT2D eigenvalue weighted by Gasteiger charge is 2.24. The fourth-order valence-electron chi connectivity index (χ4n) is 3.46. The number of urea groups is 1. The van der Waals surface area contributed by atoms with Gasteiger partial charge in [0.1, 0.15) is 11.9 Å². The molecule has 1 N–H and O–H groups in total. The lowest BCUT2D eigenvalue weighted by Crippen LogP contribution is -2.43. The van der Waals surface area contributed by atoms with Crippen molar-refractivity contribution in [3.63, 3.8) is 0 Å². The molecular formula is C23H24N4O2. The zero-order valence-electron chi connectivity index (χ0n) is 16.4. The molecule has 2 amide bonds. The van der Waals surface area contributed by atoms with E-state index >= 15 is 0 Å². The van der Waals surface area contributed by atoms with Crippen molar-refractivity contribution in [3.05, 3.63) is 72.8 Å². The lowest BCUT2D eigenvalue weighted by molar-refractivity contribution is 0.115. The molecule has 2 aromatic heterocycles. The first-order valence-electron chi connectivity index (χ1n) is 9.83. The van der Waals surface area contributed by atoms with E-state index in [0.29, 0.717) is 13.1 Å². The Labute approximate surface area is 170 Å². The first-order chi connectivity index (χ1) is 14.2. The number of nitrogens with zero attached hydrogens (tertiary/aromatic N) is 3. The highest BCUT2D eigenvalue weighted by atomic mass is 16.5. The van der Waals surface area contributed by atoms with E-state index in [4.69, 9.17) is 4.74 Å². The number of likely N-dealkylation sites (tertiary alicyclic amines) is 1. The van der Waals surface area contributed by atoms with Crippen molar-refractivity contribution < 1.29 is 9.53 Å². The number of carbonyl (C=O) groups excluding carboxylic acids is 1. The molecule has 1 aliphatic rings. The Balaban J connectivity index is 1.33. The maximum atomic E-state index is 12.7. The number of benzene rings is 1. The van der Waals surface area contributed by atoms with Crippen LogP contribution in [0.15, 0.2) is 67.3 Å². The predicted molar refractivity (Wildman–Crippen MR) is 113 cm³/mol. The second-order valence-electron chi connectivity index (χ2n) is 7.20. The second-order valence-corrected chi connectivity index (χ2v) is 7.20. The largest absolute Gasteiger partial charge is 0.490 e. The van der Waals surface area contributed by atoms with Gasteiger partial charge in [0.25, 0.3) is 0 Å². The smallest absolute Gasteiger partial charge is 0.321 e. The molecular weight excluding hydrogens is 364 g/mol. The van der Waals surface area contributed by atoms with Gasteiger partial charge in [-0.15, -0.1) is 0 Å². The summed E-state index contributed by atoms with van der Waals surface area (Å²) in [4.78, 5) is 22.8. The van der Waals surface area contributed by atoms with Crippen LogP contribution in [0.4, 0.5) is 10.5 Å². The number of hydrogen-bond acceptors (Lipinski definition) is 4. The molecule has 0 bridgehead atoms. The first kappa shape index (κ1) is 18.9. The topological polar surface area (TPSA) is 67.3 Å². The summed E-state index contributed by atoms with van der Waals surface area (Å²) >= 11 is 0. The Kier molecular flexibility index (Phi) is 5.70. The van der Waals surface area contributed by atoms with E-state index in [0.717, 1.165) is 41.0 Å². The highest BCUT2D eigenvalue weighted by Crippen LogP contribution is 2.24. The number of aromatic nitrogens is 2. The molecule has 0 atom stereocenters. The summed E-state index contributed by atoms with van der Waals surface area (Å²) < 4.78 is 6.09. The average Bonchev–Trinajstić information content (AvgIpc) is 2.77. The van der Waals surface area contributed by atoms with Crippen LogP contribution in [0.2, 0.25) is 0 Å². The summed E-state index contributed by atoms with van der Waals surface area (Å²) in [6.45, 7) is 3.33. The van der Waals surface area contributed by atoms with Gasteiger partial charge in [-0.2, -0.15) is 0 Å². The van der Waals surface area contributed by atoms with Gasteiger partial charge in [-0.1, -0.05) is 18.2 Å². The third kappa shape index (κ3) is 4.71. The number of pyridine rings is 2. The minimum absolute atomic E-state index is 0.0770. The van der Waals surface area contributed by atoms with Crippen LogP contribution < -0.4 is 10.1 Å². The second kappa shape index (κ2) is 8.73. The molecule has 4 rings (SSSR count). The molecule has 6 heteroatoms. The fourth-order valence-corrected chi connectivity index (χ4v) is 3.46. The van der Waals surface area contributed by atoms with Gasteiger partial charge in [0.2, 0.25) is 0 Å². The normalized spacial score (nSPS) is 14.4. The summed E-state index contributed by atoms with van der Waals surface area (Å²) in [5.74, 6) is 0.870. The Morgan fingerprint density at radius 2 is 1.83 bits per heavy atom. The highest BCUT2D eigenvalue weighted by molar-refractivity contribution is 5.90. The zero-order chi connectivity index (χ0) is 20.1. The zero-order valence-corrected chi connectivity index (χ0v) is 16.4. The van der Waals surface area contributed by atoms with E-state index in [9.17, 15) is 4.79 Å². The van der Waals surface area contributed by atoms with E-state index in [1.54, 1.807) is 18.6 Å². The Bertz CT molecular complexity index is 969. The van der Waals surface area contributed by atoms with Crippen molar-refractivity contribution in [3.8, 4) is 16.9 Å². The molecule has 1 saturated heterocycles. The van der Waals surface area contributed by atoms with Gasteiger partial charge >= 0.3 is 6.03 Å². The Hall–Kier alpha value is -3.41. The van der Waals surface area contributed by atoms with Crippen molar-refractivity contribution in [2.24, 2.45) is 0 Å². The van der Waals surface area contributed by atoms with Crippen LogP contribution in [0.1, 0.15) is 18.4 Å². The predicted octanol–water partition coefficient (Wildman–Crippen LogP) is 4.53. The van der Waals surface area contributed by atoms with E-state index < -0.39 is 0 Å². The Morgan fingerprint density at radius 3 is 2.59 bits per heavy atom. The molecule has 3 aromatic rings. The molecule has 0 saturated carbocycles. The van der Waals surface area contributed by atoms with Crippen molar-refractivity contribution in [2.75, 3.05) is 18.4 Å². The third-order valence-corrected chi connectivity index (χ3v) is 5.10. The number of carbonyl (C=O) groups is 1. The number of hydrogen-bond donors (Lipinski definition) is 1. The number of rotatable bonds is 4. The van der Waals surface area contributed by atoms with Gasteiger partial charge in [0.15, 0.2) is 0 Å². The van der Waals surface area contributed by atoms with E-state index in [2.05, 4.69) is 15.3 Å². The van der Waals surface area contributed by atoms with E-state index in [1.807, 2.05) is 60.5 Å². The van der Waals surface area contributed by atoms with Gasteiger partial charge in [-0.25, -0.2) is 4.79 Å². The van der Waals surface area contributed by atoms with E-state index in [1.165, 1.54) is 0 Å². The van der Waals surface area contributed by atoms with Gasteiger partial charge < -0.3 is 15.0 Å². The molecule has 29 heavy (non-hydrogen) atoms. The number of piperidine rings is 1. The van der Waals surface area contributed by atoms with Crippen molar-refractivity contribution in [2.45, 2.75) is 25.9 Å². The number of aryl methyl sites for hydroxylation is 1. The number of anilines is 1. The third-order valence-electron chi connectivity index (χ3n) is 5.10. The molecule has 1 fully saturated rings. The minimum Gasteiger partial charge on any atom is -0.490 e.